The molecule has 0 bridgehead atoms. The van der Waals surface area contributed by atoms with Crippen molar-refractivity contribution >= 4 is 46.7 Å². The second-order valence-electron chi connectivity index (χ2n) is 14.6. The average molecular weight is 757 g/mol. The molecule has 2 fully saturated rings. The molecule has 6 rings (SSSR count). The molecule has 0 saturated carbocycles. The number of carbonyl (C=O) groups is 5. The maximum Gasteiger partial charge on any atom is 0.407 e. The molecule has 4 heterocycles. The van der Waals surface area contributed by atoms with Crippen LogP contribution in [0.1, 0.15) is 65.2 Å². The fraction of sp³-hybridized carbons (Fsp3) is 0.462. The molecular formula is C39H48N8O8. The molecule has 2 aromatic heterocycles. The number of methoxy groups -OCH3 is 2. The number of hydrogen-bond donors (Lipinski definition) is 4. The Bertz CT molecular complexity index is 2040. The number of rotatable bonds is 11. The quantitative estimate of drug-likeness (QED) is 0.157. The first-order valence-electron chi connectivity index (χ1n) is 18.6. The van der Waals surface area contributed by atoms with Gasteiger partial charge in [-0.1, -0.05) is 63.2 Å². The van der Waals surface area contributed by atoms with Gasteiger partial charge < -0.3 is 44.7 Å². The maximum atomic E-state index is 13.6. The summed E-state index contributed by atoms with van der Waals surface area (Å²) in [5, 5.41) is 12.9. The second-order valence-corrected chi connectivity index (χ2v) is 14.6. The maximum absolute atomic E-state index is 13.6. The van der Waals surface area contributed by atoms with Crippen LogP contribution in [0, 0.1) is 11.8 Å². The Kier molecular flexibility index (Phi) is 11.7. The van der Waals surface area contributed by atoms with E-state index < -0.39 is 36.2 Å². The van der Waals surface area contributed by atoms with E-state index in [1.54, 1.807) is 17.2 Å². The minimum absolute atomic E-state index is 0.128. The number of hydrogen-bond acceptors (Lipinski definition) is 10. The number of anilines is 1. The molecule has 0 unspecified atom stereocenters. The van der Waals surface area contributed by atoms with Gasteiger partial charge in [-0.05, 0) is 66.3 Å². The van der Waals surface area contributed by atoms with Gasteiger partial charge in [0.05, 0.1) is 37.5 Å². The number of alkyl carbamates (subject to hydrolysis) is 2. The lowest BCUT2D eigenvalue weighted by Gasteiger charge is -2.30. The molecular weight excluding hydrogens is 708 g/mol. The van der Waals surface area contributed by atoms with Crippen LogP contribution in [0.3, 0.4) is 0 Å². The van der Waals surface area contributed by atoms with Gasteiger partial charge in [0.1, 0.15) is 23.9 Å². The lowest BCUT2D eigenvalue weighted by molar-refractivity contribution is -0.139. The van der Waals surface area contributed by atoms with Gasteiger partial charge in [0.2, 0.25) is 17.7 Å². The number of carbonyl (C=O) groups excluding carboxylic acids is 5. The highest BCUT2D eigenvalue weighted by Gasteiger charge is 2.40. The monoisotopic (exact) mass is 756 g/mol. The van der Waals surface area contributed by atoms with Crippen molar-refractivity contribution in [1.82, 2.24) is 35.6 Å². The molecule has 16 nitrogen and oxygen atoms in total. The molecule has 4 N–H and O–H groups in total. The van der Waals surface area contributed by atoms with Crippen LogP contribution in [0.5, 0.6) is 0 Å². The minimum atomic E-state index is -0.841. The van der Waals surface area contributed by atoms with Crippen molar-refractivity contribution in [3.8, 4) is 22.4 Å². The van der Waals surface area contributed by atoms with E-state index in [0.717, 1.165) is 35.2 Å². The molecule has 55 heavy (non-hydrogen) atoms. The van der Waals surface area contributed by atoms with Crippen molar-refractivity contribution in [3.63, 3.8) is 0 Å². The number of amides is 5. The van der Waals surface area contributed by atoms with Crippen molar-refractivity contribution in [2.24, 2.45) is 11.8 Å². The lowest BCUT2D eigenvalue weighted by Crippen LogP contribution is -2.54. The largest absolute Gasteiger partial charge is 0.453 e. The molecule has 16 heteroatoms. The zero-order valence-electron chi connectivity index (χ0n) is 31.9. The van der Waals surface area contributed by atoms with Gasteiger partial charge in [-0.15, -0.1) is 0 Å². The highest BCUT2D eigenvalue weighted by molar-refractivity contribution is 6.03. The van der Waals surface area contributed by atoms with Gasteiger partial charge in [-0.2, -0.15) is 0 Å². The van der Waals surface area contributed by atoms with Gasteiger partial charge in [-0.3, -0.25) is 14.4 Å². The van der Waals surface area contributed by atoms with Crippen LogP contribution in [0.25, 0.3) is 33.4 Å². The normalized spacial score (nSPS) is 18.0. The summed E-state index contributed by atoms with van der Waals surface area (Å²) in [5.74, 6) is -0.327. The third-order valence-corrected chi connectivity index (χ3v) is 10.3. The van der Waals surface area contributed by atoms with Gasteiger partial charge in [-0.25, -0.2) is 14.6 Å². The highest BCUT2D eigenvalue weighted by atomic mass is 16.5. The van der Waals surface area contributed by atoms with Gasteiger partial charge >= 0.3 is 12.2 Å². The first kappa shape index (κ1) is 38.8. The molecule has 0 aliphatic carbocycles. The van der Waals surface area contributed by atoms with E-state index in [1.807, 2.05) is 64.1 Å². The molecule has 292 valence electrons. The van der Waals surface area contributed by atoms with Crippen molar-refractivity contribution in [2.75, 3.05) is 32.6 Å². The molecule has 5 amide bonds. The Labute approximate surface area is 318 Å². The van der Waals surface area contributed by atoms with Crippen molar-refractivity contribution in [3.05, 3.63) is 54.5 Å². The molecule has 0 radical (unpaired) electrons. The van der Waals surface area contributed by atoms with Crippen LogP contribution >= 0.6 is 0 Å². The number of ether oxygens (including phenoxy) is 2. The first-order valence-corrected chi connectivity index (χ1v) is 18.6. The number of imidazole rings is 1. The summed E-state index contributed by atoms with van der Waals surface area (Å²) in [6, 6.07) is 11.0. The number of likely N-dealkylation sites (tertiary alicyclic amines) is 2. The Hall–Kier alpha value is -5.93. The van der Waals surface area contributed by atoms with Gasteiger partial charge in [0.15, 0.2) is 11.4 Å². The zero-order valence-corrected chi connectivity index (χ0v) is 31.9. The van der Waals surface area contributed by atoms with E-state index in [2.05, 4.69) is 31.1 Å². The number of aromatic nitrogens is 3. The van der Waals surface area contributed by atoms with Crippen molar-refractivity contribution in [1.29, 1.82) is 0 Å². The first-order chi connectivity index (χ1) is 26.4. The van der Waals surface area contributed by atoms with Gasteiger partial charge in [0, 0.05) is 13.1 Å². The van der Waals surface area contributed by atoms with Crippen LogP contribution in [0.15, 0.2) is 53.2 Å². The van der Waals surface area contributed by atoms with E-state index >= 15 is 0 Å². The summed E-state index contributed by atoms with van der Waals surface area (Å²) in [6.45, 7) is 8.35. The second kappa shape index (κ2) is 16.6. The Balaban J connectivity index is 1.14. The number of nitrogens with zero attached hydrogens (tertiary/aromatic N) is 4. The van der Waals surface area contributed by atoms with Crippen LogP contribution in [0.2, 0.25) is 0 Å². The fourth-order valence-electron chi connectivity index (χ4n) is 7.28. The third kappa shape index (κ3) is 8.27. The fourth-order valence-corrected chi connectivity index (χ4v) is 7.28. The third-order valence-electron chi connectivity index (χ3n) is 10.3. The highest BCUT2D eigenvalue weighted by Crippen LogP contribution is 2.34. The summed E-state index contributed by atoms with van der Waals surface area (Å²) in [4.78, 5) is 75.8. The summed E-state index contributed by atoms with van der Waals surface area (Å²) >= 11 is 0. The molecule has 0 spiro atoms. The lowest BCUT2D eigenvalue weighted by atomic mass is 10.0. The topological polar surface area (TPSA) is 201 Å². The molecule has 2 aliphatic heterocycles. The van der Waals surface area contributed by atoms with Crippen LogP contribution < -0.4 is 16.0 Å². The number of fused-ring (bicyclic) bond motifs is 1. The van der Waals surface area contributed by atoms with E-state index in [1.165, 1.54) is 19.1 Å². The molecule has 2 saturated heterocycles. The standard InChI is InChI=1S/C39H48N8O8/c1-21(2)31(42-38(51)53-5)36(49)46-17-7-9-28(46)34-40-20-27(41-34)24-13-11-23(12-14-24)25-15-16-30-26(19-25)33(45-55-30)44-35(48)29-10-8-18-47(29)37(50)32(22(3)4)43-39(52)54-6/h11-16,19-22,28-29,31-32H,7-10,17-18H2,1-6H3,(H,40,41)(H,42,51)(H,43,52)(H,44,45,48)/t28-,29-,31-,32-/m0/s1. The molecule has 2 aromatic carbocycles. The summed E-state index contributed by atoms with van der Waals surface area (Å²) in [7, 11) is 2.51. The average Bonchev–Trinajstić information content (AvgIpc) is 4.02. The summed E-state index contributed by atoms with van der Waals surface area (Å²) in [5.41, 5.74) is 3.98. The molecule has 2 aliphatic rings. The van der Waals surface area contributed by atoms with E-state index in [0.29, 0.717) is 42.7 Å². The Morgan fingerprint density at radius 1 is 0.800 bits per heavy atom. The predicted octanol–water partition coefficient (Wildman–Crippen LogP) is 5.24. The number of aromatic amines is 1. The minimum Gasteiger partial charge on any atom is -0.453 e. The van der Waals surface area contributed by atoms with E-state index in [9.17, 15) is 24.0 Å². The van der Waals surface area contributed by atoms with Crippen molar-refractivity contribution < 1.29 is 38.0 Å². The number of H-pyrrole nitrogens is 1. The SMILES string of the molecule is COC(=O)N[C@H](C(=O)N1CCC[C@H]1C(=O)Nc1noc2ccc(-c3ccc(-c4cnc([C@@H]5CCCN5C(=O)[C@@H](NC(=O)OC)C(C)C)[nH]4)cc3)cc12)C(C)C. The zero-order chi connectivity index (χ0) is 39.4. The summed E-state index contributed by atoms with van der Waals surface area (Å²) < 4.78 is 15.0. The van der Waals surface area contributed by atoms with Crippen LogP contribution in [-0.4, -0.2) is 100 Å². The van der Waals surface area contributed by atoms with E-state index in [4.69, 9.17) is 14.0 Å². The van der Waals surface area contributed by atoms with Crippen LogP contribution in [-0.2, 0) is 23.9 Å². The molecule has 4 atom stereocenters. The Morgan fingerprint density at radius 3 is 2.02 bits per heavy atom. The number of benzene rings is 2. The predicted molar refractivity (Wildman–Crippen MR) is 202 cm³/mol. The Morgan fingerprint density at radius 2 is 1.38 bits per heavy atom. The van der Waals surface area contributed by atoms with Crippen molar-refractivity contribution in [2.45, 2.75) is 77.5 Å². The van der Waals surface area contributed by atoms with E-state index in [-0.39, 0.29) is 35.5 Å². The number of nitrogens with one attached hydrogen (secondary N) is 4. The summed E-state index contributed by atoms with van der Waals surface area (Å²) in [6.07, 6.45) is 3.08. The van der Waals surface area contributed by atoms with Crippen LogP contribution in [0.4, 0.5) is 15.4 Å². The smallest absolute Gasteiger partial charge is 0.407 e. The van der Waals surface area contributed by atoms with Gasteiger partial charge in [0.25, 0.3) is 0 Å². The molecule has 4 aromatic rings.